The Morgan fingerprint density at radius 1 is 1.32 bits per heavy atom. The molecule has 0 fully saturated rings. The zero-order chi connectivity index (χ0) is 14.0. The highest BCUT2D eigenvalue weighted by Crippen LogP contribution is 2.10. The molecule has 104 valence electrons. The summed E-state index contributed by atoms with van der Waals surface area (Å²) < 4.78 is 4.04. The Bertz CT molecular complexity index is 544. The van der Waals surface area contributed by atoms with E-state index < -0.39 is 0 Å². The Morgan fingerprint density at radius 3 is 2.63 bits per heavy atom. The predicted molar refractivity (Wildman–Crippen MR) is 75.9 cm³/mol. The Kier molecular flexibility index (Phi) is 3.75. The molecule has 0 aliphatic heterocycles. The number of aromatic nitrogens is 4. The summed E-state index contributed by atoms with van der Waals surface area (Å²) in [4.78, 5) is 4.41. The lowest BCUT2D eigenvalue weighted by Gasteiger charge is -2.21. The van der Waals surface area contributed by atoms with Gasteiger partial charge in [0.1, 0.15) is 5.82 Å². The van der Waals surface area contributed by atoms with Crippen LogP contribution in [0, 0.1) is 6.92 Å². The fourth-order valence-electron chi connectivity index (χ4n) is 1.94. The summed E-state index contributed by atoms with van der Waals surface area (Å²) in [6.45, 7) is 10.1. The van der Waals surface area contributed by atoms with E-state index in [9.17, 15) is 0 Å². The molecule has 0 saturated heterocycles. The highest BCUT2D eigenvalue weighted by Gasteiger charge is 2.13. The molecule has 0 aliphatic carbocycles. The first-order valence-corrected chi connectivity index (χ1v) is 6.60. The van der Waals surface area contributed by atoms with E-state index >= 15 is 0 Å². The van der Waals surface area contributed by atoms with Gasteiger partial charge in [-0.1, -0.05) is 0 Å². The highest BCUT2D eigenvalue weighted by atomic mass is 15.3. The lowest BCUT2D eigenvalue weighted by atomic mass is 10.1. The number of rotatable bonds is 4. The van der Waals surface area contributed by atoms with Crippen LogP contribution < -0.4 is 5.32 Å². The maximum absolute atomic E-state index is 4.42. The molecule has 19 heavy (non-hydrogen) atoms. The van der Waals surface area contributed by atoms with Gasteiger partial charge in [-0.25, -0.2) is 4.98 Å². The van der Waals surface area contributed by atoms with Gasteiger partial charge >= 0.3 is 0 Å². The second-order valence-electron chi connectivity index (χ2n) is 5.97. The lowest BCUT2D eigenvalue weighted by Crippen LogP contribution is -2.35. The standard InChI is InChI=1S/C14H23N5/c1-11-15-8-13(9-16-14(2,3)4)19(11)10-12-6-7-18(5)17-12/h6-8,16H,9-10H2,1-5H3. The summed E-state index contributed by atoms with van der Waals surface area (Å²) in [6.07, 6.45) is 3.91. The van der Waals surface area contributed by atoms with Crippen molar-refractivity contribution in [3.63, 3.8) is 0 Å². The van der Waals surface area contributed by atoms with Gasteiger partial charge in [0, 0.05) is 31.5 Å². The third-order valence-electron chi connectivity index (χ3n) is 3.03. The normalized spacial score (nSPS) is 12.1. The van der Waals surface area contributed by atoms with Crippen molar-refractivity contribution in [2.24, 2.45) is 7.05 Å². The summed E-state index contributed by atoms with van der Waals surface area (Å²) in [7, 11) is 1.94. The maximum atomic E-state index is 4.42. The fourth-order valence-corrected chi connectivity index (χ4v) is 1.94. The molecule has 2 aromatic heterocycles. The van der Waals surface area contributed by atoms with E-state index in [1.54, 1.807) is 0 Å². The average molecular weight is 261 g/mol. The monoisotopic (exact) mass is 261 g/mol. The molecule has 0 aliphatic rings. The minimum absolute atomic E-state index is 0.105. The molecule has 1 N–H and O–H groups in total. The Balaban J connectivity index is 2.13. The van der Waals surface area contributed by atoms with Crippen molar-refractivity contribution in [3.05, 3.63) is 35.7 Å². The smallest absolute Gasteiger partial charge is 0.106 e. The average Bonchev–Trinajstić information content (AvgIpc) is 2.85. The second-order valence-corrected chi connectivity index (χ2v) is 5.97. The van der Waals surface area contributed by atoms with E-state index in [2.05, 4.69) is 40.7 Å². The third kappa shape index (κ3) is 3.67. The van der Waals surface area contributed by atoms with Gasteiger partial charge < -0.3 is 9.88 Å². The first kappa shape index (κ1) is 13.8. The summed E-state index contributed by atoms with van der Waals surface area (Å²) in [5.41, 5.74) is 2.35. The van der Waals surface area contributed by atoms with Gasteiger partial charge in [0.15, 0.2) is 0 Å². The zero-order valence-electron chi connectivity index (χ0n) is 12.4. The first-order valence-electron chi connectivity index (χ1n) is 6.60. The molecular formula is C14H23N5. The van der Waals surface area contributed by atoms with Crippen LogP contribution >= 0.6 is 0 Å². The van der Waals surface area contributed by atoms with Crippen molar-refractivity contribution < 1.29 is 0 Å². The van der Waals surface area contributed by atoms with Crippen molar-refractivity contribution in [1.29, 1.82) is 0 Å². The van der Waals surface area contributed by atoms with E-state index in [4.69, 9.17) is 0 Å². The Hall–Kier alpha value is -1.62. The number of hydrogen-bond acceptors (Lipinski definition) is 3. The minimum Gasteiger partial charge on any atom is -0.325 e. The molecule has 2 rings (SSSR count). The van der Waals surface area contributed by atoms with Crippen molar-refractivity contribution in [3.8, 4) is 0 Å². The SMILES string of the molecule is Cc1ncc(CNC(C)(C)C)n1Cc1ccn(C)n1. The molecular weight excluding hydrogens is 238 g/mol. The molecule has 0 amide bonds. The summed E-state index contributed by atoms with van der Waals surface area (Å²) in [6, 6.07) is 2.04. The van der Waals surface area contributed by atoms with E-state index in [0.29, 0.717) is 0 Å². The molecule has 2 heterocycles. The van der Waals surface area contributed by atoms with Crippen LogP contribution in [0.1, 0.15) is 38.0 Å². The van der Waals surface area contributed by atoms with Crippen LogP contribution in [0.4, 0.5) is 0 Å². The van der Waals surface area contributed by atoms with E-state index in [1.165, 1.54) is 5.69 Å². The predicted octanol–water partition coefficient (Wildman–Crippen LogP) is 1.86. The van der Waals surface area contributed by atoms with Crippen molar-refractivity contribution in [1.82, 2.24) is 24.6 Å². The second kappa shape index (κ2) is 5.17. The molecule has 0 unspecified atom stereocenters. The highest BCUT2D eigenvalue weighted by molar-refractivity contribution is 5.09. The van der Waals surface area contributed by atoms with Crippen LogP contribution in [0.5, 0.6) is 0 Å². The van der Waals surface area contributed by atoms with Gasteiger partial charge in [-0.3, -0.25) is 4.68 Å². The largest absolute Gasteiger partial charge is 0.325 e. The summed E-state index contributed by atoms with van der Waals surface area (Å²) in [5, 5.41) is 7.92. The van der Waals surface area contributed by atoms with Crippen molar-refractivity contribution >= 4 is 0 Å². The third-order valence-corrected chi connectivity index (χ3v) is 3.03. The van der Waals surface area contributed by atoms with Gasteiger partial charge in [0.25, 0.3) is 0 Å². The lowest BCUT2D eigenvalue weighted by molar-refractivity contribution is 0.416. The van der Waals surface area contributed by atoms with Crippen molar-refractivity contribution in [2.75, 3.05) is 0 Å². The minimum atomic E-state index is 0.105. The van der Waals surface area contributed by atoms with Crippen molar-refractivity contribution in [2.45, 2.75) is 46.3 Å². The zero-order valence-corrected chi connectivity index (χ0v) is 12.4. The summed E-state index contributed by atoms with van der Waals surface area (Å²) in [5.74, 6) is 1.02. The van der Waals surface area contributed by atoms with Gasteiger partial charge in [-0.15, -0.1) is 0 Å². The molecule has 0 saturated carbocycles. The van der Waals surface area contributed by atoms with Gasteiger partial charge in [-0.05, 0) is 33.8 Å². The van der Waals surface area contributed by atoms with Gasteiger partial charge in [0.05, 0.1) is 17.9 Å². The quantitative estimate of drug-likeness (QED) is 0.914. The van der Waals surface area contributed by atoms with E-state index in [0.717, 1.165) is 24.6 Å². The molecule has 5 nitrogen and oxygen atoms in total. The molecule has 0 bridgehead atoms. The Labute approximate surface area is 114 Å². The number of aryl methyl sites for hydroxylation is 2. The van der Waals surface area contributed by atoms with Crippen LogP contribution in [0.3, 0.4) is 0 Å². The van der Waals surface area contributed by atoms with E-state index in [1.807, 2.05) is 37.1 Å². The first-order chi connectivity index (χ1) is 8.85. The fraction of sp³-hybridized carbons (Fsp3) is 0.571. The number of hydrogen-bond donors (Lipinski definition) is 1. The summed E-state index contributed by atoms with van der Waals surface area (Å²) >= 11 is 0. The van der Waals surface area contributed by atoms with Gasteiger partial charge in [-0.2, -0.15) is 5.10 Å². The molecule has 0 aromatic carbocycles. The van der Waals surface area contributed by atoms with E-state index in [-0.39, 0.29) is 5.54 Å². The van der Waals surface area contributed by atoms with Crippen LogP contribution in [0.15, 0.2) is 18.5 Å². The molecule has 5 heteroatoms. The van der Waals surface area contributed by atoms with Gasteiger partial charge in [0.2, 0.25) is 0 Å². The number of nitrogens with zero attached hydrogens (tertiary/aromatic N) is 4. The maximum Gasteiger partial charge on any atom is 0.106 e. The van der Waals surface area contributed by atoms with Crippen LogP contribution in [-0.4, -0.2) is 24.9 Å². The Morgan fingerprint density at radius 2 is 2.05 bits per heavy atom. The molecule has 0 spiro atoms. The topological polar surface area (TPSA) is 47.7 Å². The number of imidazole rings is 1. The molecule has 2 aromatic rings. The molecule has 0 radical (unpaired) electrons. The molecule has 0 atom stereocenters. The van der Waals surface area contributed by atoms with Crippen LogP contribution in [-0.2, 0) is 20.1 Å². The van der Waals surface area contributed by atoms with Crippen LogP contribution in [0.2, 0.25) is 0 Å². The number of nitrogens with one attached hydrogen (secondary N) is 1. The van der Waals surface area contributed by atoms with Crippen LogP contribution in [0.25, 0.3) is 0 Å².